The van der Waals surface area contributed by atoms with Crippen molar-refractivity contribution in [3.05, 3.63) is 0 Å². The monoisotopic (exact) mass is 514 g/mol. The summed E-state index contributed by atoms with van der Waals surface area (Å²) < 4.78 is 0. The van der Waals surface area contributed by atoms with E-state index in [1.165, 1.54) is 0 Å². The predicted molar refractivity (Wildman–Crippen MR) is 139 cm³/mol. The number of carboxylic acids is 1. The Kier molecular flexibility index (Phi) is 16.1. The number of hydrogen-bond donors (Lipinski definition) is 8. The molecule has 0 bridgehead atoms. The van der Waals surface area contributed by atoms with E-state index in [0.717, 1.165) is 0 Å². The predicted octanol–water partition coefficient (Wildman–Crippen LogP) is -1.26. The first kappa shape index (κ1) is 33.1. The van der Waals surface area contributed by atoms with Gasteiger partial charge in [0, 0.05) is 6.54 Å². The van der Waals surface area contributed by atoms with Crippen LogP contribution in [0.4, 0.5) is 0 Å². The molecule has 0 rings (SSSR count). The zero-order chi connectivity index (χ0) is 27.8. The largest absolute Gasteiger partial charge is 0.480 e. The Morgan fingerprint density at radius 2 is 1.42 bits per heavy atom. The molecule has 0 heterocycles. The summed E-state index contributed by atoms with van der Waals surface area (Å²) in [6, 6.07) is -3.91. The minimum absolute atomic E-state index is 0.0880. The molecule has 0 aromatic heterocycles. The number of carboxylic acid groups (broad SMARTS) is 1. The molecule has 0 aliphatic carbocycles. The van der Waals surface area contributed by atoms with Crippen molar-refractivity contribution in [1.29, 1.82) is 0 Å². The molecule has 36 heavy (non-hydrogen) atoms. The topological polar surface area (TPSA) is 241 Å². The van der Waals surface area contributed by atoms with E-state index in [0.29, 0.717) is 32.2 Å². The van der Waals surface area contributed by atoms with Crippen molar-refractivity contribution in [2.75, 3.05) is 13.1 Å². The Hall–Kier alpha value is -2.93. The molecule has 0 aliphatic heterocycles. The SMILES string of the molecule is CC(C)CC(N)C(=O)NC(CCCN=C(N)N)C(=O)NC(C(=O)NC(CCCCN)C(=O)O)C(C)C. The van der Waals surface area contributed by atoms with Gasteiger partial charge in [-0.3, -0.25) is 19.4 Å². The first-order valence-electron chi connectivity index (χ1n) is 12.4. The number of nitrogens with two attached hydrogens (primary N) is 4. The molecule has 13 nitrogen and oxygen atoms in total. The number of unbranched alkanes of at least 4 members (excludes halogenated alkanes) is 1. The minimum Gasteiger partial charge on any atom is -0.480 e. The van der Waals surface area contributed by atoms with Gasteiger partial charge in [0.05, 0.1) is 6.04 Å². The van der Waals surface area contributed by atoms with Crippen molar-refractivity contribution in [2.24, 2.45) is 39.8 Å². The number of aliphatic carboxylic acids is 1. The lowest BCUT2D eigenvalue weighted by atomic mass is 10.0. The van der Waals surface area contributed by atoms with E-state index in [9.17, 15) is 24.3 Å². The zero-order valence-electron chi connectivity index (χ0n) is 22.0. The normalized spacial score (nSPS) is 14.4. The zero-order valence-corrected chi connectivity index (χ0v) is 22.0. The van der Waals surface area contributed by atoms with Gasteiger partial charge in [-0.25, -0.2) is 4.79 Å². The van der Waals surface area contributed by atoms with Gasteiger partial charge in [-0.05, 0) is 56.9 Å². The van der Waals surface area contributed by atoms with Crippen LogP contribution in [-0.4, -0.2) is 72.0 Å². The average Bonchev–Trinajstić information content (AvgIpc) is 2.77. The van der Waals surface area contributed by atoms with Crippen LogP contribution in [0.5, 0.6) is 0 Å². The van der Waals surface area contributed by atoms with Crippen molar-refractivity contribution in [3.8, 4) is 0 Å². The number of hydrogen-bond acceptors (Lipinski definition) is 7. The fourth-order valence-electron chi connectivity index (χ4n) is 3.47. The maximum atomic E-state index is 13.1. The maximum absolute atomic E-state index is 13.1. The lowest BCUT2D eigenvalue weighted by Gasteiger charge is -2.27. The molecule has 4 unspecified atom stereocenters. The molecule has 0 fully saturated rings. The Balaban J connectivity index is 5.48. The summed E-state index contributed by atoms with van der Waals surface area (Å²) in [5.41, 5.74) is 22.1. The third-order valence-corrected chi connectivity index (χ3v) is 5.45. The summed E-state index contributed by atoms with van der Waals surface area (Å²) in [7, 11) is 0. The second kappa shape index (κ2) is 17.5. The maximum Gasteiger partial charge on any atom is 0.326 e. The van der Waals surface area contributed by atoms with Gasteiger partial charge in [0.2, 0.25) is 17.7 Å². The van der Waals surface area contributed by atoms with Crippen LogP contribution in [0.25, 0.3) is 0 Å². The van der Waals surface area contributed by atoms with Crippen LogP contribution in [0.15, 0.2) is 4.99 Å². The number of carbonyl (C=O) groups excluding carboxylic acids is 3. The number of carbonyl (C=O) groups is 4. The Morgan fingerprint density at radius 3 is 1.92 bits per heavy atom. The van der Waals surface area contributed by atoms with E-state index < -0.39 is 47.9 Å². The van der Waals surface area contributed by atoms with E-state index in [2.05, 4.69) is 20.9 Å². The van der Waals surface area contributed by atoms with Gasteiger partial charge in [-0.15, -0.1) is 0 Å². The fourth-order valence-corrected chi connectivity index (χ4v) is 3.47. The number of rotatable bonds is 18. The average molecular weight is 515 g/mol. The van der Waals surface area contributed by atoms with E-state index in [4.69, 9.17) is 22.9 Å². The molecule has 0 aromatic carbocycles. The summed E-state index contributed by atoms with van der Waals surface area (Å²) in [5.74, 6) is -3.13. The minimum atomic E-state index is -1.17. The molecule has 0 saturated carbocycles. The van der Waals surface area contributed by atoms with E-state index in [1.807, 2.05) is 13.8 Å². The molecule has 0 aliphatic rings. The third-order valence-electron chi connectivity index (χ3n) is 5.45. The van der Waals surface area contributed by atoms with Gasteiger partial charge in [0.25, 0.3) is 0 Å². The highest BCUT2D eigenvalue weighted by Gasteiger charge is 2.31. The quantitative estimate of drug-likeness (QED) is 0.0617. The first-order chi connectivity index (χ1) is 16.8. The summed E-state index contributed by atoms with van der Waals surface area (Å²) in [6.45, 7) is 7.97. The second-order valence-corrected chi connectivity index (χ2v) is 9.66. The van der Waals surface area contributed by atoms with E-state index in [1.54, 1.807) is 13.8 Å². The first-order valence-corrected chi connectivity index (χ1v) is 12.4. The summed E-state index contributed by atoms with van der Waals surface area (Å²) in [5, 5.41) is 17.3. The summed E-state index contributed by atoms with van der Waals surface area (Å²) in [6.07, 6.45) is 2.40. The van der Waals surface area contributed by atoms with Crippen LogP contribution in [-0.2, 0) is 19.2 Å². The Labute approximate surface area is 213 Å². The lowest BCUT2D eigenvalue weighted by Crippen LogP contribution is -2.58. The van der Waals surface area contributed by atoms with Gasteiger partial charge in [-0.2, -0.15) is 0 Å². The second-order valence-electron chi connectivity index (χ2n) is 9.66. The smallest absolute Gasteiger partial charge is 0.326 e. The van der Waals surface area contributed by atoms with Gasteiger partial charge in [-0.1, -0.05) is 27.7 Å². The van der Waals surface area contributed by atoms with Gasteiger partial charge in [0.15, 0.2) is 5.96 Å². The van der Waals surface area contributed by atoms with Crippen molar-refractivity contribution in [1.82, 2.24) is 16.0 Å². The van der Waals surface area contributed by atoms with Crippen LogP contribution in [0, 0.1) is 11.8 Å². The highest BCUT2D eigenvalue weighted by atomic mass is 16.4. The highest BCUT2D eigenvalue weighted by Crippen LogP contribution is 2.09. The number of nitrogens with one attached hydrogen (secondary N) is 3. The van der Waals surface area contributed by atoms with E-state index in [-0.39, 0.29) is 37.2 Å². The highest BCUT2D eigenvalue weighted by molar-refractivity contribution is 5.94. The van der Waals surface area contributed by atoms with Gasteiger partial charge in [0.1, 0.15) is 18.1 Å². The summed E-state index contributed by atoms with van der Waals surface area (Å²) >= 11 is 0. The van der Waals surface area contributed by atoms with Gasteiger partial charge < -0.3 is 44.0 Å². The third kappa shape index (κ3) is 13.8. The van der Waals surface area contributed by atoms with Crippen molar-refractivity contribution in [2.45, 2.75) is 90.4 Å². The van der Waals surface area contributed by atoms with Crippen LogP contribution < -0.4 is 38.9 Å². The molecule has 0 aromatic rings. The molecule has 208 valence electrons. The molecule has 3 amide bonds. The van der Waals surface area contributed by atoms with Crippen LogP contribution in [0.2, 0.25) is 0 Å². The van der Waals surface area contributed by atoms with Crippen molar-refractivity contribution < 1.29 is 24.3 Å². The molecule has 12 N–H and O–H groups in total. The van der Waals surface area contributed by atoms with Crippen LogP contribution in [0.1, 0.15) is 66.2 Å². The molecular formula is C23H46N8O5. The number of guanidine groups is 1. The van der Waals surface area contributed by atoms with Crippen molar-refractivity contribution >= 4 is 29.7 Å². The molecule has 4 atom stereocenters. The standard InChI is InChI=1S/C23H46N8O5/c1-13(2)12-15(25)19(32)29-16(9-7-11-28-23(26)27)20(33)31-18(14(3)4)21(34)30-17(22(35)36)8-5-6-10-24/h13-18H,5-12,24-25H2,1-4H3,(H,29,32)(H,30,34)(H,31,33)(H,35,36)(H4,26,27,28). The Bertz CT molecular complexity index is 740. The number of amides is 3. The number of nitrogens with zero attached hydrogens (tertiary/aromatic N) is 1. The molecule has 0 spiro atoms. The molecule has 0 radical (unpaired) electrons. The van der Waals surface area contributed by atoms with Crippen LogP contribution >= 0.6 is 0 Å². The lowest BCUT2D eigenvalue weighted by molar-refractivity contribution is -0.142. The molecular weight excluding hydrogens is 468 g/mol. The summed E-state index contributed by atoms with van der Waals surface area (Å²) in [4.78, 5) is 54.1. The van der Waals surface area contributed by atoms with Crippen molar-refractivity contribution in [3.63, 3.8) is 0 Å². The van der Waals surface area contributed by atoms with E-state index >= 15 is 0 Å². The number of aliphatic imine (C=N–C) groups is 1. The Morgan fingerprint density at radius 1 is 0.833 bits per heavy atom. The molecule has 13 heteroatoms. The molecule has 0 saturated heterocycles. The van der Waals surface area contributed by atoms with Crippen LogP contribution in [0.3, 0.4) is 0 Å². The fraction of sp³-hybridized carbons (Fsp3) is 0.783. The van der Waals surface area contributed by atoms with Gasteiger partial charge >= 0.3 is 5.97 Å².